The molecule has 0 aromatic heterocycles. The zero-order chi connectivity index (χ0) is 19.8. The number of nitrogens with one attached hydrogen (secondary N) is 1. The van der Waals surface area contributed by atoms with Crippen molar-refractivity contribution < 1.29 is 9.53 Å². The zero-order valence-electron chi connectivity index (χ0n) is 16.8. The molecule has 2 aromatic carbocycles. The summed E-state index contributed by atoms with van der Waals surface area (Å²) in [6.45, 7) is 8.00. The van der Waals surface area contributed by atoms with Crippen molar-refractivity contribution in [1.82, 2.24) is 10.2 Å². The number of aryl methyl sites for hydroxylation is 1. The third-order valence-electron chi connectivity index (χ3n) is 5.13. The molecule has 0 spiro atoms. The highest BCUT2D eigenvalue weighted by Gasteiger charge is 2.24. The molecule has 2 unspecified atom stereocenters. The Morgan fingerprint density at radius 1 is 1.11 bits per heavy atom. The van der Waals surface area contributed by atoms with E-state index in [1.54, 1.807) is 11.8 Å². The van der Waals surface area contributed by atoms with Gasteiger partial charge in [-0.2, -0.15) is 0 Å². The summed E-state index contributed by atoms with van der Waals surface area (Å²) in [5, 5.41) is 3.11. The number of hydrogen-bond acceptors (Lipinski definition) is 4. The molecular weight excluding hydrogens is 368 g/mol. The molecule has 150 valence electrons. The van der Waals surface area contributed by atoms with Gasteiger partial charge in [0.2, 0.25) is 5.91 Å². The van der Waals surface area contributed by atoms with Crippen LogP contribution in [0.15, 0.2) is 54.6 Å². The summed E-state index contributed by atoms with van der Waals surface area (Å²) in [5.74, 6) is 0.951. The molecule has 2 aromatic rings. The van der Waals surface area contributed by atoms with Crippen molar-refractivity contribution in [3.8, 4) is 0 Å². The highest BCUT2D eigenvalue weighted by molar-refractivity contribution is 7.99. The van der Waals surface area contributed by atoms with Gasteiger partial charge < -0.3 is 10.1 Å². The SMILES string of the molecule is Cc1ccc(C(CNC(=O)C(C)SCc2ccccc2)N2CCOCC2)cc1. The van der Waals surface area contributed by atoms with Gasteiger partial charge in [0.1, 0.15) is 0 Å². The first-order valence-corrected chi connectivity index (χ1v) is 11.0. The first-order valence-electron chi connectivity index (χ1n) is 9.95. The molecule has 1 fully saturated rings. The van der Waals surface area contributed by atoms with E-state index in [2.05, 4.69) is 53.5 Å². The molecule has 1 saturated heterocycles. The second kappa shape index (κ2) is 10.6. The normalized spacial score (nSPS) is 17.1. The monoisotopic (exact) mass is 398 g/mol. The molecule has 1 aliphatic heterocycles. The first kappa shape index (κ1) is 20.9. The number of amides is 1. The summed E-state index contributed by atoms with van der Waals surface area (Å²) >= 11 is 1.68. The van der Waals surface area contributed by atoms with E-state index < -0.39 is 0 Å². The molecule has 0 radical (unpaired) electrons. The van der Waals surface area contributed by atoms with Gasteiger partial charge in [0.25, 0.3) is 0 Å². The van der Waals surface area contributed by atoms with Gasteiger partial charge in [0, 0.05) is 25.4 Å². The van der Waals surface area contributed by atoms with Crippen LogP contribution in [0.5, 0.6) is 0 Å². The second-order valence-corrected chi connectivity index (χ2v) is 8.59. The topological polar surface area (TPSA) is 41.6 Å². The minimum atomic E-state index is -0.0800. The van der Waals surface area contributed by atoms with Crippen LogP contribution in [0, 0.1) is 6.92 Å². The van der Waals surface area contributed by atoms with Crippen molar-refractivity contribution in [2.75, 3.05) is 32.8 Å². The molecule has 1 amide bonds. The number of nitrogens with zero attached hydrogens (tertiary/aromatic N) is 1. The fraction of sp³-hybridized carbons (Fsp3) is 0.435. The molecule has 1 heterocycles. The fourth-order valence-corrected chi connectivity index (χ4v) is 4.22. The number of rotatable bonds is 8. The van der Waals surface area contributed by atoms with E-state index in [0.717, 1.165) is 32.1 Å². The van der Waals surface area contributed by atoms with Crippen molar-refractivity contribution in [2.24, 2.45) is 0 Å². The number of thioether (sulfide) groups is 1. The van der Waals surface area contributed by atoms with E-state index in [-0.39, 0.29) is 17.2 Å². The zero-order valence-corrected chi connectivity index (χ0v) is 17.6. The number of carbonyl (C=O) groups excluding carboxylic acids is 1. The van der Waals surface area contributed by atoms with Crippen LogP contribution in [0.1, 0.15) is 29.7 Å². The molecule has 0 saturated carbocycles. The van der Waals surface area contributed by atoms with Gasteiger partial charge in [-0.25, -0.2) is 0 Å². The van der Waals surface area contributed by atoms with Gasteiger partial charge >= 0.3 is 0 Å². The number of benzene rings is 2. The second-order valence-electron chi connectivity index (χ2n) is 7.26. The Hall–Kier alpha value is -1.82. The Morgan fingerprint density at radius 2 is 1.79 bits per heavy atom. The van der Waals surface area contributed by atoms with Crippen LogP contribution >= 0.6 is 11.8 Å². The third-order valence-corrected chi connectivity index (χ3v) is 6.34. The molecule has 4 nitrogen and oxygen atoms in total. The Balaban J connectivity index is 1.57. The summed E-state index contributed by atoms with van der Waals surface area (Å²) in [6.07, 6.45) is 0. The number of morpholine rings is 1. The molecule has 0 aliphatic carbocycles. The Bertz CT molecular complexity index is 730. The number of hydrogen-bond donors (Lipinski definition) is 1. The lowest BCUT2D eigenvalue weighted by Crippen LogP contribution is -2.44. The van der Waals surface area contributed by atoms with Gasteiger partial charge in [-0.1, -0.05) is 60.2 Å². The smallest absolute Gasteiger partial charge is 0.232 e. The van der Waals surface area contributed by atoms with Crippen molar-refractivity contribution in [2.45, 2.75) is 30.9 Å². The minimum Gasteiger partial charge on any atom is -0.379 e. The predicted molar refractivity (Wildman–Crippen MR) is 117 cm³/mol. The van der Waals surface area contributed by atoms with Crippen molar-refractivity contribution in [3.05, 3.63) is 71.3 Å². The first-order chi connectivity index (χ1) is 13.6. The fourth-order valence-electron chi connectivity index (χ4n) is 3.35. The summed E-state index contributed by atoms with van der Waals surface area (Å²) in [5.41, 5.74) is 3.75. The average molecular weight is 399 g/mol. The molecule has 3 rings (SSSR count). The lowest BCUT2D eigenvalue weighted by Gasteiger charge is -2.35. The molecule has 5 heteroatoms. The van der Waals surface area contributed by atoms with E-state index >= 15 is 0 Å². The number of ether oxygens (including phenoxy) is 1. The van der Waals surface area contributed by atoms with Gasteiger partial charge in [-0.3, -0.25) is 9.69 Å². The Labute approximate surface area is 172 Å². The summed E-state index contributed by atoms with van der Waals surface area (Å²) < 4.78 is 5.51. The Morgan fingerprint density at radius 3 is 2.46 bits per heavy atom. The van der Waals surface area contributed by atoms with E-state index in [1.165, 1.54) is 16.7 Å². The lowest BCUT2D eigenvalue weighted by molar-refractivity contribution is -0.120. The van der Waals surface area contributed by atoms with Crippen LogP contribution in [0.3, 0.4) is 0 Å². The highest BCUT2D eigenvalue weighted by Crippen LogP contribution is 2.23. The molecule has 0 bridgehead atoms. The predicted octanol–water partition coefficient (Wildman–Crippen LogP) is 3.81. The van der Waals surface area contributed by atoms with Gasteiger partial charge in [0.15, 0.2) is 0 Å². The van der Waals surface area contributed by atoms with Gasteiger partial charge in [-0.15, -0.1) is 11.8 Å². The standard InChI is InChI=1S/C23H30N2O2S/c1-18-8-10-21(11-9-18)22(25-12-14-27-15-13-25)16-24-23(26)19(2)28-17-20-6-4-3-5-7-20/h3-11,19,22H,12-17H2,1-2H3,(H,24,26). The van der Waals surface area contributed by atoms with Crippen LogP contribution in [-0.4, -0.2) is 48.9 Å². The average Bonchev–Trinajstić information content (AvgIpc) is 2.74. The van der Waals surface area contributed by atoms with E-state index in [4.69, 9.17) is 4.74 Å². The van der Waals surface area contributed by atoms with Crippen LogP contribution < -0.4 is 5.32 Å². The molecule has 1 N–H and O–H groups in total. The van der Waals surface area contributed by atoms with Crippen LogP contribution in [0.4, 0.5) is 0 Å². The largest absolute Gasteiger partial charge is 0.379 e. The third kappa shape index (κ3) is 6.09. The van der Waals surface area contributed by atoms with Crippen molar-refractivity contribution in [1.29, 1.82) is 0 Å². The van der Waals surface area contributed by atoms with Crippen molar-refractivity contribution >= 4 is 17.7 Å². The van der Waals surface area contributed by atoms with Crippen LogP contribution in [0.2, 0.25) is 0 Å². The minimum absolute atomic E-state index is 0.0800. The number of carbonyl (C=O) groups is 1. The van der Waals surface area contributed by atoms with Gasteiger partial charge in [-0.05, 0) is 25.0 Å². The summed E-state index contributed by atoms with van der Waals surface area (Å²) in [7, 11) is 0. The van der Waals surface area contributed by atoms with E-state index in [9.17, 15) is 4.79 Å². The quantitative estimate of drug-likeness (QED) is 0.734. The maximum atomic E-state index is 12.7. The highest BCUT2D eigenvalue weighted by atomic mass is 32.2. The molecule has 2 atom stereocenters. The van der Waals surface area contributed by atoms with E-state index in [1.807, 2.05) is 25.1 Å². The van der Waals surface area contributed by atoms with Crippen molar-refractivity contribution in [3.63, 3.8) is 0 Å². The maximum Gasteiger partial charge on any atom is 0.232 e. The molecule has 1 aliphatic rings. The molecule has 28 heavy (non-hydrogen) atoms. The van der Waals surface area contributed by atoms with Crippen LogP contribution in [0.25, 0.3) is 0 Å². The molecular formula is C23H30N2O2S. The van der Waals surface area contributed by atoms with Gasteiger partial charge in [0.05, 0.1) is 24.5 Å². The summed E-state index contributed by atoms with van der Waals surface area (Å²) in [4.78, 5) is 15.1. The van der Waals surface area contributed by atoms with E-state index in [0.29, 0.717) is 6.54 Å². The Kier molecular flexibility index (Phi) is 7.95. The summed E-state index contributed by atoms with van der Waals surface area (Å²) in [6, 6.07) is 19.1. The lowest BCUT2D eigenvalue weighted by atomic mass is 10.0. The maximum absolute atomic E-state index is 12.7. The van der Waals surface area contributed by atoms with Crippen LogP contribution in [-0.2, 0) is 15.3 Å².